The summed E-state index contributed by atoms with van der Waals surface area (Å²) in [7, 11) is 0. The molecule has 0 aromatic carbocycles. The van der Waals surface area contributed by atoms with E-state index in [4.69, 9.17) is 9.47 Å². The zero-order chi connectivity index (χ0) is 17.1. The number of ether oxygens (including phenoxy) is 2. The molecule has 0 N–H and O–H groups in total. The molecular weight excluding hydrogens is 314 g/mol. The van der Waals surface area contributed by atoms with Gasteiger partial charge in [0.2, 0.25) is 0 Å². The highest BCUT2D eigenvalue weighted by Gasteiger charge is 2.42. The molecule has 1 saturated heterocycles. The van der Waals surface area contributed by atoms with Crippen molar-refractivity contribution in [1.29, 1.82) is 0 Å². The van der Waals surface area contributed by atoms with Crippen molar-refractivity contribution < 1.29 is 19.1 Å². The molecule has 1 fully saturated rings. The fourth-order valence-corrected chi connectivity index (χ4v) is 4.06. The van der Waals surface area contributed by atoms with Crippen LogP contribution in [0, 0.1) is 11.8 Å². The molecule has 128 valence electrons. The monoisotopic (exact) mass is 339 g/mol. The number of esters is 2. The Kier molecular flexibility index (Phi) is 5.79. The van der Waals surface area contributed by atoms with E-state index in [1.165, 1.54) is 6.08 Å². The number of nitrogens with zero attached hydrogens (tertiary/aromatic N) is 1. The molecule has 2 aliphatic rings. The molecule has 1 atom stereocenters. The van der Waals surface area contributed by atoms with Crippen LogP contribution >= 0.6 is 11.8 Å². The van der Waals surface area contributed by atoms with E-state index in [-0.39, 0.29) is 24.0 Å². The minimum atomic E-state index is -0.330. The molecule has 0 spiro atoms. The molecule has 2 aliphatic heterocycles. The third kappa shape index (κ3) is 3.91. The Labute approximate surface area is 142 Å². The first kappa shape index (κ1) is 17.9. The number of thioether (sulfide) groups is 1. The number of fused-ring (bicyclic) bond motifs is 1. The van der Waals surface area contributed by atoms with Gasteiger partial charge >= 0.3 is 11.9 Å². The molecule has 0 aromatic rings. The van der Waals surface area contributed by atoms with E-state index in [2.05, 4.69) is 18.7 Å². The first-order valence-electron chi connectivity index (χ1n) is 8.07. The number of hydrogen-bond donors (Lipinski definition) is 0. The Balaban J connectivity index is 2.29. The van der Waals surface area contributed by atoms with Crippen molar-refractivity contribution in [2.45, 2.75) is 40.7 Å². The average molecular weight is 339 g/mol. The lowest BCUT2D eigenvalue weighted by Crippen LogP contribution is -2.24. The Hall–Kier alpha value is -1.43. The zero-order valence-electron chi connectivity index (χ0n) is 14.4. The second kappa shape index (κ2) is 7.43. The highest BCUT2D eigenvalue weighted by molar-refractivity contribution is 8.03. The van der Waals surface area contributed by atoms with Crippen LogP contribution in [0.5, 0.6) is 0 Å². The topological polar surface area (TPSA) is 55.8 Å². The second-order valence-electron chi connectivity index (χ2n) is 6.31. The third-order valence-electron chi connectivity index (χ3n) is 3.87. The first-order chi connectivity index (χ1) is 10.8. The molecule has 6 heteroatoms. The summed E-state index contributed by atoms with van der Waals surface area (Å²) < 4.78 is 10.4. The van der Waals surface area contributed by atoms with Gasteiger partial charge in [-0.1, -0.05) is 13.8 Å². The fraction of sp³-hybridized carbons (Fsp3) is 0.647. The van der Waals surface area contributed by atoms with Gasteiger partial charge in [0.1, 0.15) is 0 Å². The van der Waals surface area contributed by atoms with E-state index in [0.717, 1.165) is 16.3 Å². The standard InChI is InChI=1S/C17H25NO4S/c1-6-21-14(19)7-12-9-23-16-15(17(20)22-11(4)5)13(10(2)3)8-18(12)16/h7,10-11,13H,6,8-9H2,1-5H3/b12-7+. The van der Waals surface area contributed by atoms with Crippen molar-refractivity contribution in [1.82, 2.24) is 4.90 Å². The van der Waals surface area contributed by atoms with Crippen LogP contribution in [0.15, 0.2) is 22.4 Å². The predicted molar refractivity (Wildman–Crippen MR) is 90.5 cm³/mol. The number of hydrogen-bond acceptors (Lipinski definition) is 6. The molecule has 0 aliphatic carbocycles. The lowest BCUT2D eigenvalue weighted by atomic mass is 9.90. The molecule has 0 bridgehead atoms. The van der Waals surface area contributed by atoms with Gasteiger partial charge in [0.25, 0.3) is 0 Å². The molecule has 0 amide bonds. The molecule has 0 aromatic heterocycles. The van der Waals surface area contributed by atoms with Gasteiger partial charge in [-0.3, -0.25) is 0 Å². The zero-order valence-corrected chi connectivity index (χ0v) is 15.2. The Morgan fingerprint density at radius 3 is 2.61 bits per heavy atom. The van der Waals surface area contributed by atoms with Crippen molar-refractivity contribution in [2.24, 2.45) is 11.8 Å². The Morgan fingerprint density at radius 1 is 1.35 bits per heavy atom. The van der Waals surface area contributed by atoms with Crippen LogP contribution in [-0.2, 0) is 19.1 Å². The first-order valence-corrected chi connectivity index (χ1v) is 9.06. The predicted octanol–water partition coefficient (Wildman–Crippen LogP) is 2.93. The number of carbonyl (C=O) groups is 2. The smallest absolute Gasteiger partial charge is 0.337 e. The second-order valence-corrected chi connectivity index (χ2v) is 7.27. The highest BCUT2D eigenvalue weighted by atomic mass is 32.2. The summed E-state index contributed by atoms with van der Waals surface area (Å²) in [5.41, 5.74) is 1.66. The summed E-state index contributed by atoms with van der Waals surface area (Å²) >= 11 is 1.59. The van der Waals surface area contributed by atoms with Crippen LogP contribution in [0.25, 0.3) is 0 Å². The minimum absolute atomic E-state index is 0.120. The van der Waals surface area contributed by atoms with Gasteiger partial charge in [-0.05, 0) is 26.7 Å². The van der Waals surface area contributed by atoms with E-state index in [9.17, 15) is 9.59 Å². The van der Waals surface area contributed by atoms with Gasteiger partial charge in [0.15, 0.2) is 0 Å². The van der Waals surface area contributed by atoms with Crippen molar-refractivity contribution >= 4 is 23.7 Å². The highest BCUT2D eigenvalue weighted by Crippen LogP contribution is 2.47. The molecule has 0 radical (unpaired) electrons. The quantitative estimate of drug-likeness (QED) is 0.567. The number of carbonyl (C=O) groups excluding carboxylic acids is 2. The van der Waals surface area contributed by atoms with Gasteiger partial charge in [-0.25, -0.2) is 9.59 Å². The summed E-state index contributed by atoms with van der Waals surface area (Å²) in [6.45, 7) is 10.8. The van der Waals surface area contributed by atoms with E-state index in [1.54, 1.807) is 18.7 Å². The maximum Gasteiger partial charge on any atom is 0.337 e. The van der Waals surface area contributed by atoms with Crippen molar-refractivity contribution in [2.75, 3.05) is 18.9 Å². The summed E-state index contributed by atoms with van der Waals surface area (Å²) in [6.07, 6.45) is 1.40. The van der Waals surface area contributed by atoms with Crippen molar-refractivity contribution in [3.8, 4) is 0 Å². The van der Waals surface area contributed by atoms with Crippen LogP contribution < -0.4 is 0 Å². The van der Waals surface area contributed by atoms with E-state index in [0.29, 0.717) is 24.8 Å². The summed E-state index contributed by atoms with van der Waals surface area (Å²) in [4.78, 5) is 26.3. The third-order valence-corrected chi connectivity index (χ3v) is 5.02. The van der Waals surface area contributed by atoms with E-state index >= 15 is 0 Å². The summed E-state index contributed by atoms with van der Waals surface area (Å²) in [6, 6.07) is 0. The van der Waals surface area contributed by atoms with Crippen molar-refractivity contribution in [3.05, 3.63) is 22.4 Å². The largest absolute Gasteiger partial charge is 0.463 e. The SMILES string of the molecule is CCOC(=O)/C=C1\CSC2=C(C(=O)OC(C)C)C(C(C)C)CN21. The van der Waals surface area contributed by atoms with Gasteiger partial charge in [0.05, 0.1) is 23.3 Å². The molecule has 23 heavy (non-hydrogen) atoms. The van der Waals surface area contributed by atoms with Gasteiger partial charge in [0, 0.05) is 30.0 Å². The van der Waals surface area contributed by atoms with E-state index in [1.807, 2.05) is 13.8 Å². The summed E-state index contributed by atoms with van der Waals surface area (Å²) in [5.74, 6) is 0.559. The molecule has 2 rings (SSSR count). The van der Waals surface area contributed by atoms with Crippen LogP contribution in [0.1, 0.15) is 34.6 Å². The molecular formula is C17H25NO4S. The van der Waals surface area contributed by atoms with Crippen LogP contribution in [-0.4, -0.2) is 41.8 Å². The van der Waals surface area contributed by atoms with E-state index < -0.39 is 0 Å². The van der Waals surface area contributed by atoms with Gasteiger partial charge in [-0.2, -0.15) is 0 Å². The molecule has 0 saturated carbocycles. The fourth-order valence-electron chi connectivity index (χ4n) is 2.80. The van der Waals surface area contributed by atoms with Crippen LogP contribution in [0.2, 0.25) is 0 Å². The lowest BCUT2D eigenvalue weighted by molar-refractivity contribution is -0.143. The minimum Gasteiger partial charge on any atom is -0.463 e. The maximum absolute atomic E-state index is 12.5. The average Bonchev–Trinajstić information content (AvgIpc) is 2.98. The van der Waals surface area contributed by atoms with Crippen LogP contribution in [0.4, 0.5) is 0 Å². The van der Waals surface area contributed by atoms with Gasteiger partial charge in [-0.15, -0.1) is 11.8 Å². The summed E-state index contributed by atoms with van der Waals surface area (Å²) in [5, 5.41) is 0.935. The van der Waals surface area contributed by atoms with Crippen molar-refractivity contribution in [3.63, 3.8) is 0 Å². The van der Waals surface area contributed by atoms with Crippen LogP contribution in [0.3, 0.4) is 0 Å². The molecule has 2 heterocycles. The lowest BCUT2D eigenvalue weighted by Gasteiger charge is -2.20. The Bertz CT molecular complexity index is 551. The maximum atomic E-state index is 12.5. The Morgan fingerprint density at radius 2 is 2.04 bits per heavy atom. The molecule has 1 unspecified atom stereocenters. The van der Waals surface area contributed by atoms with Gasteiger partial charge < -0.3 is 14.4 Å². The molecule has 5 nitrogen and oxygen atoms in total. The normalized spacial score (nSPS) is 22.3. The number of rotatable bonds is 5.